The third-order valence-electron chi connectivity index (χ3n) is 11.6. The number of methoxy groups -OCH3 is 1. The standard InChI is InChI=1S/C46H50N10O6/c1-46(2,62-44(47)59)43(58)56-22-8-12-39(56)41-49-25-37(52-41)33-19-15-31(16-20-33)30-13-17-32(18-14-30)36-24-48-40(51-36)38-11-7-21-55(38)42(57)35(53-45(60)61-3)23-34-27-54(28-50-34)26-29-9-5-4-6-10-29/h4-6,9-10,13-20,24-25,27-28,35,38-39H,7-8,11-12,21-23,26H2,1-3H3,(H2,47,59)(H,48,51)(H,49,52)(H,53,60)/t35?,38?,39-/m0/s1. The number of benzene rings is 3. The molecule has 320 valence electrons. The highest BCUT2D eigenvalue weighted by Crippen LogP contribution is 2.36. The number of carbonyl (C=O) groups is 4. The van der Waals surface area contributed by atoms with Gasteiger partial charge in [0.2, 0.25) is 5.91 Å². The first-order chi connectivity index (χ1) is 29.9. The predicted octanol–water partition coefficient (Wildman–Crippen LogP) is 6.55. The number of hydrogen-bond donors (Lipinski definition) is 4. The molecule has 3 aromatic carbocycles. The number of imidazole rings is 3. The van der Waals surface area contributed by atoms with Crippen LogP contribution in [0.3, 0.4) is 0 Å². The average Bonchev–Trinajstić information content (AvgIpc) is 4.13. The van der Waals surface area contributed by atoms with E-state index in [9.17, 15) is 19.2 Å². The molecule has 2 aliphatic heterocycles. The minimum atomic E-state index is -1.38. The van der Waals surface area contributed by atoms with Crippen molar-refractivity contribution < 1.29 is 28.7 Å². The highest BCUT2D eigenvalue weighted by Gasteiger charge is 2.42. The van der Waals surface area contributed by atoms with Crippen LogP contribution in [-0.4, -0.2) is 95.1 Å². The first-order valence-electron chi connectivity index (χ1n) is 20.8. The van der Waals surface area contributed by atoms with Crippen molar-refractivity contribution >= 4 is 24.0 Å². The van der Waals surface area contributed by atoms with Gasteiger partial charge in [0.15, 0.2) is 5.60 Å². The van der Waals surface area contributed by atoms with Crippen molar-refractivity contribution in [2.45, 2.75) is 76.2 Å². The summed E-state index contributed by atoms with van der Waals surface area (Å²) in [6.45, 7) is 4.79. The number of likely N-dealkylation sites (tertiary alicyclic amines) is 2. The van der Waals surface area contributed by atoms with Gasteiger partial charge in [-0.1, -0.05) is 78.9 Å². The maximum atomic E-state index is 14.1. The Labute approximate surface area is 358 Å². The molecule has 3 aromatic heterocycles. The van der Waals surface area contributed by atoms with Crippen molar-refractivity contribution in [2.24, 2.45) is 5.73 Å². The number of carbonyl (C=O) groups excluding carboxylic acids is 4. The van der Waals surface area contributed by atoms with E-state index in [-0.39, 0.29) is 30.3 Å². The summed E-state index contributed by atoms with van der Waals surface area (Å²) in [7, 11) is 1.28. The Hall–Kier alpha value is -7.23. The lowest BCUT2D eigenvalue weighted by Crippen LogP contribution is -2.49. The monoisotopic (exact) mass is 838 g/mol. The van der Waals surface area contributed by atoms with Gasteiger partial charge in [0.25, 0.3) is 5.91 Å². The maximum Gasteiger partial charge on any atom is 0.407 e. The van der Waals surface area contributed by atoms with E-state index < -0.39 is 23.8 Å². The summed E-state index contributed by atoms with van der Waals surface area (Å²) in [5.74, 6) is 0.823. The zero-order chi connectivity index (χ0) is 43.4. The van der Waals surface area contributed by atoms with Crippen molar-refractivity contribution in [2.75, 3.05) is 20.2 Å². The highest BCUT2D eigenvalue weighted by molar-refractivity contribution is 5.87. The van der Waals surface area contributed by atoms with E-state index in [4.69, 9.17) is 20.2 Å². The van der Waals surface area contributed by atoms with Crippen molar-refractivity contribution in [1.29, 1.82) is 0 Å². The SMILES string of the molecule is COC(=O)NC(Cc1cn(Cc2ccccc2)cn1)C(=O)N1CCCC1c1ncc(-c2ccc(-c3ccc(-c4cnc([C@@H]5CCCN5C(=O)C(C)(C)OC(N)=O)[nH]4)cc3)cc2)[nH]1. The van der Waals surface area contributed by atoms with Crippen LogP contribution in [0.1, 0.15) is 74.5 Å². The normalized spacial score (nSPS) is 16.9. The van der Waals surface area contributed by atoms with Crippen molar-refractivity contribution in [1.82, 2.24) is 44.6 Å². The van der Waals surface area contributed by atoms with Crippen LogP contribution in [0.15, 0.2) is 104 Å². The Morgan fingerprint density at radius 2 is 1.34 bits per heavy atom. The second-order valence-electron chi connectivity index (χ2n) is 16.2. The smallest absolute Gasteiger partial charge is 0.407 e. The molecule has 5 heterocycles. The van der Waals surface area contributed by atoms with Gasteiger partial charge in [-0.2, -0.15) is 0 Å². The third kappa shape index (κ3) is 9.08. The lowest BCUT2D eigenvalue weighted by Gasteiger charge is -2.31. The van der Waals surface area contributed by atoms with Crippen LogP contribution in [-0.2, 0) is 32.0 Å². The predicted molar refractivity (Wildman–Crippen MR) is 230 cm³/mol. The van der Waals surface area contributed by atoms with Gasteiger partial charge >= 0.3 is 12.2 Å². The Bertz CT molecular complexity index is 2530. The molecule has 0 aliphatic carbocycles. The molecule has 6 aromatic rings. The molecule has 0 bridgehead atoms. The van der Waals surface area contributed by atoms with Gasteiger partial charge in [0, 0.05) is 32.3 Å². The molecule has 0 radical (unpaired) electrons. The van der Waals surface area contributed by atoms with E-state index in [0.717, 1.165) is 64.9 Å². The summed E-state index contributed by atoms with van der Waals surface area (Å²) in [6, 6.07) is 25.0. The third-order valence-corrected chi connectivity index (χ3v) is 11.6. The molecule has 2 aliphatic rings. The van der Waals surface area contributed by atoms with E-state index >= 15 is 0 Å². The van der Waals surface area contributed by atoms with Gasteiger partial charge < -0.3 is 44.9 Å². The fourth-order valence-electron chi connectivity index (χ4n) is 8.44. The van der Waals surface area contributed by atoms with Crippen molar-refractivity contribution in [3.8, 4) is 33.6 Å². The Kier molecular flexibility index (Phi) is 11.9. The Balaban J connectivity index is 0.909. The first-order valence-corrected chi connectivity index (χ1v) is 20.8. The number of nitrogens with two attached hydrogens (primary N) is 1. The second-order valence-corrected chi connectivity index (χ2v) is 16.2. The average molecular weight is 839 g/mol. The molecule has 2 unspecified atom stereocenters. The van der Waals surface area contributed by atoms with Crippen LogP contribution in [0.5, 0.6) is 0 Å². The number of aromatic amines is 2. The molecule has 62 heavy (non-hydrogen) atoms. The summed E-state index contributed by atoms with van der Waals surface area (Å²) in [4.78, 5) is 75.5. The second kappa shape index (κ2) is 17.8. The Morgan fingerprint density at radius 3 is 1.90 bits per heavy atom. The van der Waals surface area contributed by atoms with E-state index in [2.05, 4.69) is 49.5 Å². The summed E-state index contributed by atoms with van der Waals surface area (Å²) in [6.07, 6.45) is 8.79. The number of alkyl carbamates (subject to hydrolysis) is 1. The minimum absolute atomic E-state index is 0.209. The molecule has 16 nitrogen and oxygen atoms in total. The molecular formula is C46H50N10O6. The van der Waals surface area contributed by atoms with Gasteiger partial charge in [-0.25, -0.2) is 24.5 Å². The van der Waals surface area contributed by atoms with Gasteiger partial charge in [0.05, 0.1) is 55.0 Å². The molecule has 3 atom stereocenters. The van der Waals surface area contributed by atoms with Gasteiger partial charge in [-0.05, 0) is 67.3 Å². The molecule has 2 fully saturated rings. The van der Waals surface area contributed by atoms with Crippen molar-refractivity contribution in [3.63, 3.8) is 0 Å². The van der Waals surface area contributed by atoms with Crippen LogP contribution in [0, 0.1) is 0 Å². The lowest BCUT2D eigenvalue weighted by molar-refractivity contribution is -0.149. The molecule has 2 saturated heterocycles. The maximum absolute atomic E-state index is 14.1. The number of aromatic nitrogens is 6. The largest absolute Gasteiger partial charge is 0.453 e. The van der Waals surface area contributed by atoms with Crippen LogP contribution < -0.4 is 11.1 Å². The molecule has 16 heteroatoms. The van der Waals surface area contributed by atoms with E-state index in [1.165, 1.54) is 7.11 Å². The Morgan fingerprint density at radius 1 is 0.790 bits per heavy atom. The number of nitrogens with one attached hydrogen (secondary N) is 3. The molecular weight excluding hydrogens is 789 g/mol. The van der Waals surface area contributed by atoms with Crippen LogP contribution in [0.25, 0.3) is 33.6 Å². The van der Waals surface area contributed by atoms with Crippen LogP contribution >= 0.6 is 0 Å². The number of hydrogen-bond acceptors (Lipinski definition) is 9. The fraction of sp³-hybridized carbons (Fsp3) is 0.326. The van der Waals surface area contributed by atoms with Gasteiger partial charge in [-0.3, -0.25) is 9.59 Å². The number of rotatable bonds is 13. The summed E-state index contributed by atoms with van der Waals surface area (Å²) >= 11 is 0. The summed E-state index contributed by atoms with van der Waals surface area (Å²) in [5, 5.41) is 2.75. The number of primary amides is 1. The zero-order valence-corrected chi connectivity index (χ0v) is 34.9. The molecule has 8 rings (SSSR count). The van der Waals surface area contributed by atoms with E-state index in [0.29, 0.717) is 37.0 Å². The highest BCUT2D eigenvalue weighted by atomic mass is 16.6. The molecule has 0 saturated carbocycles. The number of nitrogens with zero attached hydrogens (tertiary/aromatic N) is 6. The van der Waals surface area contributed by atoms with Crippen molar-refractivity contribution in [3.05, 3.63) is 127 Å². The molecule has 0 spiro atoms. The number of amides is 4. The summed E-state index contributed by atoms with van der Waals surface area (Å²) < 4.78 is 12.0. The van der Waals surface area contributed by atoms with Crippen LogP contribution in [0.2, 0.25) is 0 Å². The first kappa shape index (κ1) is 41.5. The lowest BCUT2D eigenvalue weighted by atomic mass is 10.0. The molecule has 4 amide bonds. The quantitative estimate of drug-likeness (QED) is 0.0994. The number of ether oxygens (including phenoxy) is 2. The number of H-pyrrole nitrogens is 2. The van der Waals surface area contributed by atoms with Crippen LogP contribution in [0.4, 0.5) is 9.59 Å². The topological polar surface area (TPSA) is 206 Å². The van der Waals surface area contributed by atoms with E-state index in [1.54, 1.807) is 42.4 Å². The minimum Gasteiger partial charge on any atom is -0.453 e. The summed E-state index contributed by atoms with van der Waals surface area (Å²) in [5.41, 5.74) is 11.3. The fourth-order valence-corrected chi connectivity index (χ4v) is 8.44. The molecule has 5 N–H and O–H groups in total. The van der Waals surface area contributed by atoms with E-state index in [1.807, 2.05) is 65.4 Å². The zero-order valence-electron chi connectivity index (χ0n) is 34.9. The van der Waals surface area contributed by atoms with Gasteiger partial charge in [-0.15, -0.1) is 0 Å². The van der Waals surface area contributed by atoms with Gasteiger partial charge in [0.1, 0.15) is 17.7 Å².